The summed E-state index contributed by atoms with van der Waals surface area (Å²) in [5.41, 5.74) is 2.98. The van der Waals surface area contributed by atoms with Crippen molar-refractivity contribution in [3.05, 3.63) is 64.8 Å². The van der Waals surface area contributed by atoms with Gasteiger partial charge in [-0.25, -0.2) is 13.4 Å². The summed E-state index contributed by atoms with van der Waals surface area (Å²) in [5, 5.41) is 9.15. The van der Waals surface area contributed by atoms with Crippen LogP contribution in [0.4, 0.5) is 5.82 Å². The van der Waals surface area contributed by atoms with Crippen molar-refractivity contribution in [1.29, 1.82) is 0 Å². The first-order chi connectivity index (χ1) is 17.4. The molecular weight excluding hydrogens is 518 g/mol. The van der Waals surface area contributed by atoms with Crippen LogP contribution in [0, 0.1) is 5.92 Å². The van der Waals surface area contributed by atoms with E-state index in [0.717, 1.165) is 45.9 Å². The maximum absolute atomic E-state index is 13.3. The lowest BCUT2D eigenvalue weighted by atomic mass is 9.97. The molecule has 4 aromatic rings. The van der Waals surface area contributed by atoms with Gasteiger partial charge in [0.1, 0.15) is 5.82 Å². The predicted molar refractivity (Wildman–Crippen MR) is 140 cm³/mol. The molecule has 1 amide bonds. The van der Waals surface area contributed by atoms with Crippen LogP contribution in [-0.4, -0.2) is 46.5 Å². The summed E-state index contributed by atoms with van der Waals surface area (Å²) in [6.07, 6.45) is 3.68. The lowest BCUT2D eigenvalue weighted by Crippen LogP contribution is -2.41. The fourth-order valence-corrected chi connectivity index (χ4v) is 7.46. The second-order valence-electron chi connectivity index (χ2n) is 9.12. The van der Waals surface area contributed by atoms with Crippen LogP contribution in [0.3, 0.4) is 0 Å². The van der Waals surface area contributed by atoms with Gasteiger partial charge in [-0.15, -0.1) is 0 Å². The van der Waals surface area contributed by atoms with Crippen LogP contribution >= 0.6 is 22.9 Å². The van der Waals surface area contributed by atoms with Gasteiger partial charge in [0.05, 0.1) is 20.8 Å². The molecule has 2 aromatic heterocycles. The first kappa shape index (κ1) is 23.6. The number of nitrogens with zero attached hydrogens (tertiary/aromatic N) is 4. The van der Waals surface area contributed by atoms with Gasteiger partial charge in [-0.2, -0.15) is 14.1 Å². The van der Waals surface area contributed by atoms with Gasteiger partial charge < -0.3 is 5.32 Å². The van der Waals surface area contributed by atoms with Crippen LogP contribution in [0.15, 0.2) is 53.4 Å². The largest absolute Gasteiger partial charge is 0.310 e. The molecule has 0 atom stereocenters. The van der Waals surface area contributed by atoms with Gasteiger partial charge in [0.25, 0.3) is 0 Å². The van der Waals surface area contributed by atoms with E-state index in [1.807, 2.05) is 24.3 Å². The second kappa shape index (κ2) is 9.26. The number of aryl methyl sites for hydroxylation is 1. The molecule has 1 N–H and O–H groups in total. The average molecular weight is 542 g/mol. The summed E-state index contributed by atoms with van der Waals surface area (Å²) in [4.78, 5) is 18.3. The number of nitrogens with one attached hydrogen (secondary N) is 1. The Morgan fingerprint density at radius 1 is 1.06 bits per heavy atom. The Balaban J connectivity index is 1.20. The number of anilines is 1. The lowest BCUT2D eigenvalue weighted by Gasteiger charge is -2.30. The van der Waals surface area contributed by atoms with Gasteiger partial charge in [-0.05, 0) is 68.5 Å². The Morgan fingerprint density at radius 2 is 1.81 bits per heavy atom. The molecule has 1 saturated heterocycles. The van der Waals surface area contributed by atoms with Crippen molar-refractivity contribution < 1.29 is 13.2 Å². The predicted octanol–water partition coefficient (Wildman–Crippen LogP) is 4.66. The Labute approximate surface area is 218 Å². The molecule has 0 saturated carbocycles. The number of aromatic nitrogens is 3. The number of hydrogen-bond acceptors (Lipinski definition) is 6. The first-order valence-corrected chi connectivity index (χ1v) is 14.6. The molecule has 6 rings (SSSR count). The van der Waals surface area contributed by atoms with Crippen molar-refractivity contribution in [2.24, 2.45) is 5.92 Å². The zero-order valence-electron chi connectivity index (χ0n) is 19.4. The van der Waals surface area contributed by atoms with Crippen LogP contribution in [-0.2, 0) is 27.7 Å². The summed E-state index contributed by atoms with van der Waals surface area (Å²) in [6, 6.07) is 14.1. The highest BCUT2D eigenvalue weighted by Gasteiger charge is 2.33. The van der Waals surface area contributed by atoms with Crippen LogP contribution in [0.1, 0.15) is 30.5 Å². The zero-order valence-corrected chi connectivity index (χ0v) is 21.7. The highest BCUT2D eigenvalue weighted by Crippen LogP contribution is 2.34. The number of thiazole rings is 1. The van der Waals surface area contributed by atoms with E-state index >= 15 is 0 Å². The van der Waals surface area contributed by atoms with Gasteiger partial charge in [0.2, 0.25) is 21.1 Å². The van der Waals surface area contributed by atoms with E-state index in [9.17, 15) is 13.2 Å². The molecule has 186 valence electrons. The quantitative estimate of drug-likeness (QED) is 0.396. The maximum Gasteiger partial charge on any atom is 0.243 e. The molecular formula is C25H24ClN5O3S2. The number of halogens is 1. The molecule has 0 unspecified atom stereocenters. The van der Waals surface area contributed by atoms with Gasteiger partial charge >= 0.3 is 0 Å². The molecule has 2 aliphatic rings. The number of rotatable bonds is 5. The lowest BCUT2D eigenvalue weighted by molar-refractivity contribution is -0.121. The third-order valence-electron chi connectivity index (χ3n) is 6.89. The maximum atomic E-state index is 13.3. The molecule has 0 radical (unpaired) electrons. The highest BCUT2D eigenvalue weighted by molar-refractivity contribution is 7.89. The summed E-state index contributed by atoms with van der Waals surface area (Å²) in [6.45, 7) is 0.580. The van der Waals surface area contributed by atoms with Crippen molar-refractivity contribution >= 4 is 54.9 Å². The second-order valence-corrected chi connectivity index (χ2v) is 12.5. The Kier molecular flexibility index (Phi) is 6.07. The number of hydrogen-bond donors (Lipinski definition) is 1. The standard InChI is InChI=1S/C25H24ClN5O3S2/c26-17-8-10-18(11-9-17)36(33,34)30-14-12-16(13-15-30)24(32)28-23-19-4-3-6-20(19)29-31(23)25-27-21-5-1-2-7-22(21)35-25/h1-2,5,7-11,16H,3-4,6,12-15H2,(H,28,32). The molecule has 11 heteroatoms. The molecule has 0 bridgehead atoms. The number of benzene rings is 2. The number of amides is 1. The van der Waals surface area contributed by atoms with Crippen molar-refractivity contribution in [2.75, 3.05) is 18.4 Å². The van der Waals surface area contributed by atoms with E-state index in [-0.39, 0.29) is 29.8 Å². The van der Waals surface area contributed by atoms with Crippen molar-refractivity contribution in [1.82, 2.24) is 19.1 Å². The van der Waals surface area contributed by atoms with E-state index < -0.39 is 10.0 Å². The topological polar surface area (TPSA) is 97.2 Å². The fourth-order valence-electron chi connectivity index (χ4n) is 4.94. The summed E-state index contributed by atoms with van der Waals surface area (Å²) < 4.78 is 30.3. The monoisotopic (exact) mass is 541 g/mol. The molecule has 8 nitrogen and oxygen atoms in total. The normalized spacial score (nSPS) is 16.9. The Hall–Kier alpha value is -2.79. The van der Waals surface area contributed by atoms with E-state index in [2.05, 4.69) is 5.32 Å². The molecule has 2 aromatic carbocycles. The summed E-state index contributed by atoms with van der Waals surface area (Å²) in [7, 11) is -3.62. The van der Waals surface area contributed by atoms with Crippen LogP contribution in [0.2, 0.25) is 5.02 Å². The highest BCUT2D eigenvalue weighted by atomic mass is 35.5. The van der Waals surface area contributed by atoms with Crippen LogP contribution in [0.5, 0.6) is 0 Å². The van der Waals surface area contributed by atoms with E-state index in [1.54, 1.807) is 28.2 Å². The van der Waals surface area contributed by atoms with Crippen molar-refractivity contribution in [2.45, 2.75) is 37.0 Å². The minimum atomic E-state index is -3.62. The smallest absolute Gasteiger partial charge is 0.243 e. The minimum Gasteiger partial charge on any atom is -0.310 e. The number of para-hydroxylation sites is 1. The van der Waals surface area contributed by atoms with Gasteiger partial charge in [-0.1, -0.05) is 35.1 Å². The van der Waals surface area contributed by atoms with Gasteiger partial charge in [0, 0.05) is 29.6 Å². The minimum absolute atomic E-state index is 0.101. The van der Waals surface area contributed by atoms with Crippen molar-refractivity contribution in [3.63, 3.8) is 0 Å². The van der Waals surface area contributed by atoms with E-state index in [4.69, 9.17) is 21.7 Å². The third-order valence-corrected chi connectivity index (χ3v) is 10.1. The molecule has 1 fully saturated rings. The van der Waals surface area contributed by atoms with E-state index in [1.165, 1.54) is 16.4 Å². The average Bonchev–Trinajstić information content (AvgIpc) is 3.60. The van der Waals surface area contributed by atoms with Crippen molar-refractivity contribution in [3.8, 4) is 5.13 Å². The number of carbonyl (C=O) groups is 1. The zero-order chi connectivity index (χ0) is 24.9. The van der Waals surface area contributed by atoms with Crippen LogP contribution in [0.25, 0.3) is 15.3 Å². The van der Waals surface area contributed by atoms with Gasteiger partial charge in [0.15, 0.2) is 0 Å². The SMILES string of the molecule is O=C(Nc1c2c(nn1-c1nc3ccccc3s1)CCC2)C1CCN(S(=O)(=O)c2ccc(Cl)cc2)CC1. The van der Waals surface area contributed by atoms with Crippen LogP contribution < -0.4 is 5.32 Å². The number of sulfonamides is 1. The number of piperidine rings is 1. The Morgan fingerprint density at radius 3 is 2.56 bits per heavy atom. The van der Waals surface area contributed by atoms with Gasteiger partial charge in [-0.3, -0.25) is 4.79 Å². The molecule has 36 heavy (non-hydrogen) atoms. The molecule has 1 aliphatic carbocycles. The summed E-state index contributed by atoms with van der Waals surface area (Å²) in [5.74, 6) is 0.315. The third kappa shape index (κ3) is 4.21. The Bertz CT molecular complexity index is 1520. The first-order valence-electron chi connectivity index (χ1n) is 11.9. The fraction of sp³-hybridized carbons (Fsp3) is 0.320. The number of fused-ring (bicyclic) bond motifs is 2. The molecule has 0 spiro atoms. The molecule has 1 aliphatic heterocycles. The molecule has 3 heterocycles. The van der Waals surface area contributed by atoms with E-state index in [0.29, 0.717) is 23.7 Å². The number of carbonyl (C=O) groups excluding carboxylic acids is 1. The summed E-state index contributed by atoms with van der Waals surface area (Å²) >= 11 is 7.45.